The molecule has 208 valence electrons. The molecule has 1 heterocycles. The number of carbonyl (C=O) groups excluding carboxylic acids is 1. The van der Waals surface area contributed by atoms with Crippen molar-refractivity contribution in [1.82, 2.24) is 10.3 Å². The van der Waals surface area contributed by atoms with Gasteiger partial charge in [-0.15, -0.1) is 0 Å². The normalized spacial score (nSPS) is 14.7. The van der Waals surface area contributed by atoms with Crippen molar-refractivity contribution in [3.63, 3.8) is 0 Å². The smallest absolute Gasteiger partial charge is 0.407 e. The van der Waals surface area contributed by atoms with E-state index in [1.165, 1.54) is 17.1 Å². The van der Waals surface area contributed by atoms with E-state index in [0.717, 1.165) is 42.2 Å². The highest BCUT2D eigenvalue weighted by molar-refractivity contribution is 5.92. The molecular weight excluding hydrogens is 527 g/mol. The minimum Gasteiger partial charge on any atom is -0.407 e. The summed E-state index contributed by atoms with van der Waals surface area (Å²) in [7, 11) is 2.72. The van der Waals surface area contributed by atoms with Crippen molar-refractivity contribution in [2.45, 2.75) is 25.4 Å². The van der Waals surface area contributed by atoms with Gasteiger partial charge in [-0.3, -0.25) is 9.91 Å². The summed E-state index contributed by atoms with van der Waals surface area (Å²) in [6.45, 7) is 0.691. The molecule has 3 rings (SSSR count). The summed E-state index contributed by atoms with van der Waals surface area (Å²) < 4.78 is 102. The van der Waals surface area contributed by atoms with Crippen molar-refractivity contribution in [3.8, 4) is 5.75 Å². The minimum atomic E-state index is -5.34. The Morgan fingerprint density at radius 1 is 1.16 bits per heavy atom. The Hall–Kier alpha value is -3.59. The van der Waals surface area contributed by atoms with Gasteiger partial charge in [-0.05, 0) is 49.9 Å². The monoisotopic (exact) mass is 551 g/mol. The molecule has 1 unspecified atom stereocenters. The largest absolute Gasteiger partial charge is 0.420 e. The number of hydrogen-bond donors (Lipinski definition) is 2. The topological polar surface area (TPSA) is 80.6 Å². The maximum Gasteiger partial charge on any atom is 0.420 e. The number of β-amino-alcohol motifs (C(OH)–C–C–N with tert-alkyl or cyclic N) is 1. The zero-order valence-corrected chi connectivity index (χ0v) is 20.4. The van der Waals surface area contributed by atoms with Crippen molar-refractivity contribution in [2.75, 3.05) is 43.7 Å². The van der Waals surface area contributed by atoms with Gasteiger partial charge in [0.05, 0.1) is 23.9 Å². The Balaban J connectivity index is 2.10. The van der Waals surface area contributed by atoms with Crippen LogP contribution in [-0.4, -0.2) is 62.5 Å². The fraction of sp³-hybridized carbons (Fsp3) is 0.391. The van der Waals surface area contributed by atoms with E-state index >= 15 is 0 Å². The standard InChI is InChI=1S/C23H24F7N5O3/c1-13-17(22(25,26)27)8-18(23(28,29)30)20(38-21(37)33(3)15-6-4-14(24)5-7-15)19(13)34-11-32-35(12-34)10-16(36)9-31-2/h4-8,11,16,31,36H,9-10,12H2,1-3H3. The van der Waals surface area contributed by atoms with Gasteiger partial charge in [-0.25, -0.2) is 9.18 Å². The molecule has 1 aliphatic heterocycles. The predicted octanol–water partition coefficient (Wildman–Crippen LogP) is 4.41. The average Bonchev–Trinajstić information content (AvgIpc) is 3.25. The van der Waals surface area contributed by atoms with E-state index in [1.807, 2.05) is 0 Å². The van der Waals surface area contributed by atoms with Gasteiger partial charge >= 0.3 is 18.4 Å². The molecule has 0 radical (unpaired) electrons. The molecule has 2 N–H and O–H groups in total. The fourth-order valence-corrected chi connectivity index (χ4v) is 3.78. The number of nitrogens with one attached hydrogen (secondary N) is 1. The molecular formula is C23H24F7N5O3. The molecule has 1 atom stereocenters. The highest BCUT2D eigenvalue weighted by atomic mass is 19.4. The number of aliphatic hydroxyl groups is 1. The third-order valence-corrected chi connectivity index (χ3v) is 5.61. The van der Waals surface area contributed by atoms with Crippen LogP contribution in [0.5, 0.6) is 5.75 Å². The van der Waals surface area contributed by atoms with Gasteiger partial charge in [-0.1, -0.05) is 0 Å². The second-order valence-electron chi connectivity index (χ2n) is 8.42. The van der Waals surface area contributed by atoms with Crippen LogP contribution in [0, 0.1) is 12.7 Å². The number of hydrazone groups is 1. The highest BCUT2D eigenvalue weighted by Gasteiger charge is 2.44. The lowest BCUT2D eigenvalue weighted by Gasteiger charge is -2.28. The Kier molecular flexibility index (Phi) is 8.41. The number of alkyl halides is 6. The second-order valence-corrected chi connectivity index (χ2v) is 8.42. The van der Waals surface area contributed by atoms with Crippen LogP contribution in [0.2, 0.25) is 0 Å². The molecule has 2 aromatic rings. The lowest BCUT2D eigenvalue weighted by Crippen LogP contribution is -2.37. The molecule has 0 spiro atoms. The molecule has 0 bridgehead atoms. The number of ether oxygens (including phenoxy) is 1. The molecule has 1 aliphatic rings. The first-order chi connectivity index (χ1) is 17.6. The first kappa shape index (κ1) is 29.0. The van der Waals surface area contributed by atoms with Gasteiger partial charge in [0.25, 0.3) is 0 Å². The van der Waals surface area contributed by atoms with E-state index in [-0.39, 0.29) is 31.5 Å². The molecule has 38 heavy (non-hydrogen) atoms. The molecule has 0 saturated carbocycles. The molecule has 0 fully saturated rings. The van der Waals surface area contributed by atoms with E-state index in [9.17, 15) is 40.6 Å². The summed E-state index contributed by atoms with van der Waals surface area (Å²) in [4.78, 5) is 14.6. The summed E-state index contributed by atoms with van der Waals surface area (Å²) >= 11 is 0. The van der Waals surface area contributed by atoms with Crippen LogP contribution in [-0.2, 0) is 12.4 Å². The number of rotatable bonds is 7. The van der Waals surface area contributed by atoms with E-state index < -0.39 is 58.5 Å². The van der Waals surface area contributed by atoms with Crippen LogP contribution in [0.25, 0.3) is 0 Å². The van der Waals surface area contributed by atoms with E-state index in [1.54, 1.807) is 7.05 Å². The van der Waals surface area contributed by atoms with Crippen LogP contribution in [0.4, 0.5) is 46.9 Å². The molecule has 0 aromatic heterocycles. The van der Waals surface area contributed by atoms with Crippen LogP contribution in [0.15, 0.2) is 35.4 Å². The Bertz CT molecular complexity index is 1190. The number of anilines is 2. The third-order valence-electron chi connectivity index (χ3n) is 5.61. The van der Waals surface area contributed by atoms with Crippen LogP contribution in [0.1, 0.15) is 16.7 Å². The first-order valence-corrected chi connectivity index (χ1v) is 11.0. The SMILES string of the molecule is CNCC(O)CN1CN(c2c(C)c(C(F)(F)F)cc(C(F)(F)F)c2OC(=O)N(C)c2ccc(F)cc2)C=N1. The number of carbonyl (C=O) groups is 1. The fourth-order valence-electron chi connectivity index (χ4n) is 3.78. The number of benzene rings is 2. The van der Waals surface area contributed by atoms with E-state index in [2.05, 4.69) is 10.4 Å². The highest BCUT2D eigenvalue weighted by Crippen LogP contribution is 2.49. The van der Waals surface area contributed by atoms with Crippen molar-refractivity contribution >= 4 is 23.8 Å². The van der Waals surface area contributed by atoms with Crippen molar-refractivity contribution in [1.29, 1.82) is 0 Å². The first-order valence-electron chi connectivity index (χ1n) is 11.0. The number of amides is 1. The zero-order chi connectivity index (χ0) is 28.4. The van der Waals surface area contributed by atoms with Gasteiger partial charge in [-0.2, -0.15) is 31.4 Å². The average molecular weight is 551 g/mol. The summed E-state index contributed by atoms with van der Waals surface area (Å²) in [5, 5.41) is 17.9. The minimum absolute atomic E-state index is 0.0579. The maximum atomic E-state index is 14.1. The number of likely N-dealkylation sites (N-methyl/N-ethyl adjacent to an activating group) is 1. The molecule has 1 amide bonds. The number of hydrogen-bond acceptors (Lipinski definition) is 7. The summed E-state index contributed by atoms with van der Waals surface area (Å²) in [6, 6.07) is 4.24. The maximum absolute atomic E-state index is 14.1. The molecule has 0 saturated heterocycles. The van der Waals surface area contributed by atoms with E-state index in [0.29, 0.717) is 0 Å². The van der Waals surface area contributed by atoms with Gasteiger partial charge in [0.15, 0.2) is 5.75 Å². The number of aliphatic hydroxyl groups excluding tert-OH is 1. The van der Waals surface area contributed by atoms with Crippen molar-refractivity contribution < 1.29 is 45.4 Å². The van der Waals surface area contributed by atoms with Gasteiger partial charge in [0.2, 0.25) is 0 Å². The molecule has 2 aromatic carbocycles. The van der Waals surface area contributed by atoms with Crippen LogP contribution in [0.3, 0.4) is 0 Å². The summed E-state index contributed by atoms with van der Waals surface area (Å²) in [5.74, 6) is -1.79. The second kappa shape index (κ2) is 11.0. The van der Waals surface area contributed by atoms with Crippen molar-refractivity contribution in [3.05, 3.63) is 52.8 Å². The van der Waals surface area contributed by atoms with Crippen molar-refractivity contribution in [2.24, 2.45) is 5.10 Å². The molecule has 0 aliphatic carbocycles. The Labute approximate surface area is 212 Å². The van der Waals surface area contributed by atoms with Gasteiger partial charge in [0, 0.05) is 19.3 Å². The summed E-state index contributed by atoms with van der Waals surface area (Å²) in [5.41, 5.74) is -4.66. The Morgan fingerprint density at radius 2 is 1.76 bits per heavy atom. The quantitative estimate of drug-likeness (QED) is 0.497. The van der Waals surface area contributed by atoms with Gasteiger partial charge < -0.3 is 20.1 Å². The summed E-state index contributed by atoms with van der Waals surface area (Å²) in [6.07, 6.45) is -11.8. The lowest BCUT2D eigenvalue weighted by atomic mass is 9.99. The third kappa shape index (κ3) is 6.45. The molecule has 15 heteroatoms. The zero-order valence-electron chi connectivity index (χ0n) is 20.4. The van der Waals surface area contributed by atoms with Gasteiger partial charge in [0.1, 0.15) is 24.4 Å². The lowest BCUT2D eigenvalue weighted by molar-refractivity contribution is -0.143. The molecule has 8 nitrogen and oxygen atoms in total. The number of halogens is 7. The van der Waals surface area contributed by atoms with E-state index in [4.69, 9.17) is 4.74 Å². The Morgan fingerprint density at radius 3 is 2.32 bits per heavy atom. The van der Waals surface area contributed by atoms with Crippen LogP contribution < -0.4 is 19.9 Å². The number of nitrogens with zero attached hydrogens (tertiary/aromatic N) is 4. The van der Waals surface area contributed by atoms with Crippen LogP contribution >= 0.6 is 0 Å². The predicted molar refractivity (Wildman–Crippen MR) is 124 cm³/mol.